The minimum atomic E-state index is 0.203. The highest BCUT2D eigenvalue weighted by atomic mass is 16.5. The highest BCUT2D eigenvalue weighted by molar-refractivity contribution is 5.14. The monoisotopic (exact) mass is 236 g/mol. The molecule has 3 N–H and O–H groups in total. The second-order valence-electron chi connectivity index (χ2n) is 4.36. The maximum absolute atomic E-state index is 5.61. The van der Waals surface area contributed by atoms with Crippen molar-refractivity contribution in [1.82, 2.24) is 5.43 Å². The van der Waals surface area contributed by atoms with Crippen LogP contribution in [0.2, 0.25) is 0 Å². The summed E-state index contributed by atoms with van der Waals surface area (Å²) in [6.45, 7) is 2.16. The molecule has 1 aromatic carbocycles. The molecule has 2 unspecified atom stereocenters. The fourth-order valence-corrected chi connectivity index (χ4v) is 2.11. The molecule has 0 aliphatic rings. The molecule has 96 valence electrons. The van der Waals surface area contributed by atoms with E-state index in [1.165, 1.54) is 5.56 Å². The predicted molar refractivity (Wildman–Crippen MR) is 71.6 cm³/mol. The molecule has 3 heteroatoms. The Balaban J connectivity index is 2.46. The minimum absolute atomic E-state index is 0.203. The van der Waals surface area contributed by atoms with Crippen molar-refractivity contribution in [3.8, 4) is 0 Å². The van der Waals surface area contributed by atoms with Crippen molar-refractivity contribution in [3.63, 3.8) is 0 Å². The summed E-state index contributed by atoms with van der Waals surface area (Å²) in [6, 6.07) is 10.7. The summed E-state index contributed by atoms with van der Waals surface area (Å²) >= 11 is 0. The lowest BCUT2D eigenvalue weighted by molar-refractivity contribution is 0.0582. The van der Waals surface area contributed by atoms with Gasteiger partial charge in [0, 0.05) is 13.2 Å². The lowest BCUT2D eigenvalue weighted by atomic mass is 9.99. The molecule has 0 heterocycles. The first-order valence-corrected chi connectivity index (χ1v) is 6.34. The Bertz CT molecular complexity index is 290. The molecular formula is C14H24N2O. The van der Waals surface area contributed by atoms with Crippen molar-refractivity contribution in [2.75, 3.05) is 7.11 Å². The highest BCUT2D eigenvalue weighted by Crippen LogP contribution is 2.12. The zero-order valence-electron chi connectivity index (χ0n) is 10.9. The smallest absolute Gasteiger partial charge is 0.0737 e. The summed E-state index contributed by atoms with van der Waals surface area (Å²) in [7, 11) is 1.76. The second kappa shape index (κ2) is 8.23. The summed E-state index contributed by atoms with van der Waals surface area (Å²) in [4.78, 5) is 0. The molecule has 0 aromatic heterocycles. The molecule has 0 saturated carbocycles. The number of hydrogen-bond donors (Lipinski definition) is 2. The first-order valence-electron chi connectivity index (χ1n) is 6.34. The van der Waals surface area contributed by atoms with Crippen LogP contribution in [0.15, 0.2) is 30.3 Å². The van der Waals surface area contributed by atoms with Crippen LogP contribution in [0, 0.1) is 0 Å². The molecule has 0 amide bonds. The summed E-state index contributed by atoms with van der Waals surface area (Å²) in [6.07, 6.45) is 4.38. The van der Waals surface area contributed by atoms with E-state index in [0.717, 1.165) is 25.7 Å². The molecule has 2 atom stereocenters. The zero-order valence-corrected chi connectivity index (χ0v) is 10.9. The lowest BCUT2D eigenvalue weighted by Gasteiger charge is -2.25. The van der Waals surface area contributed by atoms with Crippen LogP contribution in [0.4, 0.5) is 0 Å². The van der Waals surface area contributed by atoms with E-state index in [9.17, 15) is 0 Å². The number of nitrogens with one attached hydrogen (secondary N) is 1. The van der Waals surface area contributed by atoms with Crippen molar-refractivity contribution in [2.45, 2.75) is 44.8 Å². The Morgan fingerprint density at radius 1 is 1.24 bits per heavy atom. The van der Waals surface area contributed by atoms with Gasteiger partial charge in [-0.15, -0.1) is 0 Å². The van der Waals surface area contributed by atoms with E-state index >= 15 is 0 Å². The summed E-state index contributed by atoms with van der Waals surface area (Å²) < 4.78 is 5.49. The van der Waals surface area contributed by atoms with E-state index < -0.39 is 0 Å². The fraction of sp³-hybridized carbons (Fsp3) is 0.571. The number of ether oxygens (including phenoxy) is 1. The SMILES string of the molecule is CCCC(OC)C(CCc1ccccc1)NN. The number of rotatable bonds is 8. The van der Waals surface area contributed by atoms with Gasteiger partial charge in [0.25, 0.3) is 0 Å². The Morgan fingerprint density at radius 2 is 1.94 bits per heavy atom. The molecule has 0 fully saturated rings. The molecule has 3 nitrogen and oxygen atoms in total. The molecule has 0 spiro atoms. The van der Waals surface area contributed by atoms with E-state index in [-0.39, 0.29) is 12.1 Å². The minimum Gasteiger partial charge on any atom is -0.380 e. The quantitative estimate of drug-likeness (QED) is 0.537. The predicted octanol–water partition coefficient (Wildman–Crippen LogP) is 2.27. The molecule has 1 rings (SSSR count). The first-order chi connectivity index (χ1) is 8.31. The van der Waals surface area contributed by atoms with Gasteiger partial charge in [0.1, 0.15) is 0 Å². The molecule has 0 radical (unpaired) electrons. The number of aryl methyl sites for hydroxylation is 1. The molecule has 0 bridgehead atoms. The average molecular weight is 236 g/mol. The Labute approximate surface area is 104 Å². The van der Waals surface area contributed by atoms with Crippen LogP contribution in [-0.4, -0.2) is 19.3 Å². The van der Waals surface area contributed by atoms with Gasteiger partial charge in [-0.25, -0.2) is 0 Å². The topological polar surface area (TPSA) is 47.3 Å². The van der Waals surface area contributed by atoms with E-state index in [0.29, 0.717) is 0 Å². The molecule has 1 aromatic rings. The van der Waals surface area contributed by atoms with Gasteiger partial charge in [-0.05, 0) is 24.8 Å². The standard InChI is InChI=1S/C14H24N2O/c1-3-7-14(17-2)13(16-15)11-10-12-8-5-4-6-9-12/h4-6,8-9,13-14,16H,3,7,10-11,15H2,1-2H3. The maximum atomic E-state index is 5.61. The van der Waals surface area contributed by atoms with Gasteiger partial charge in [-0.3, -0.25) is 11.3 Å². The third-order valence-electron chi connectivity index (χ3n) is 3.13. The number of nitrogens with two attached hydrogens (primary N) is 1. The Hall–Kier alpha value is -0.900. The van der Waals surface area contributed by atoms with Crippen LogP contribution in [0.5, 0.6) is 0 Å². The number of methoxy groups -OCH3 is 1. The Kier molecular flexibility index (Phi) is 6.86. The van der Waals surface area contributed by atoms with Crippen molar-refractivity contribution < 1.29 is 4.74 Å². The van der Waals surface area contributed by atoms with Gasteiger partial charge in [0.2, 0.25) is 0 Å². The van der Waals surface area contributed by atoms with E-state index in [4.69, 9.17) is 10.6 Å². The van der Waals surface area contributed by atoms with Crippen molar-refractivity contribution >= 4 is 0 Å². The van der Waals surface area contributed by atoms with Crippen LogP contribution in [0.25, 0.3) is 0 Å². The van der Waals surface area contributed by atoms with Crippen molar-refractivity contribution in [2.24, 2.45) is 5.84 Å². The van der Waals surface area contributed by atoms with Gasteiger partial charge in [0.15, 0.2) is 0 Å². The number of hydrazine groups is 1. The maximum Gasteiger partial charge on any atom is 0.0737 e. The number of benzene rings is 1. The number of hydrogen-bond acceptors (Lipinski definition) is 3. The van der Waals surface area contributed by atoms with E-state index in [2.05, 4.69) is 36.6 Å². The van der Waals surface area contributed by atoms with Crippen LogP contribution in [-0.2, 0) is 11.2 Å². The lowest BCUT2D eigenvalue weighted by Crippen LogP contribution is -2.45. The van der Waals surface area contributed by atoms with Gasteiger partial charge in [0.05, 0.1) is 6.10 Å². The van der Waals surface area contributed by atoms with Crippen LogP contribution in [0.1, 0.15) is 31.7 Å². The molecule has 0 aliphatic heterocycles. The van der Waals surface area contributed by atoms with E-state index in [1.807, 2.05) is 6.07 Å². The third-order valence-corrected chi connectivity index (χ3v) is 3.13. The summed E-state index contributed by atoms with van der Waals surface area (Å²) in [5.74, 6) is 5.61. The molecule has 0 saturated heterocycles. The average Bonchev–Trinajstić information content (AvgIpc) is 2.39. The summed E-state index contributed by atoms with van der Waals surface area (Å²) in [5.41, 5.74) is 4.23. The highest BCUT2D eigenvalue weighted by Gasteiger charge is 2.18. The van der Waals surface area contributed by atoms with Crippen molar-refractivity contribution in [3.05, 3.63) is 35.9 Å². The largest absolute Gasteiger partial charge is 0.380 e. The van der Waals surface area contributed by atoms with Crippen LogP contribution in [0.3, 0.4) is 0 Å². The normalized spacial score (nSPS) is 14.5. The van der Waals surface area contributed by atoms with Crippen LogP contribution < -0.4 is 11.3 Å². The first kappa shape index (κ1) is 14.2. The van der Waals surface area contributed by atoms with Crippen molar-refractivity contribution in [1.29, 1.82) is 0 Å². The third kappa shape index (κ3) is 4.86. The Morgan fingerprint density at radius 3 is 2.47 bits per heavy atom. The second-order valence-corrected chi connectivity index (χ2v) is 4.36. The van der Waals surface area contributed by atoms with Gasteiger partial charge in [-0.1, -0.05) is 43.7 Å². The van der Waals surface area contributed by atoms with Gasteiger partial charge in [-0.2, -0.15) is 0 Å². The van der Waals surface area contributed by atoms with Gasteiger partial charge >= 0.3 is 0 Å². The molecular weight excluding hydrogens is 212 g/mol. The molecule has 17 heavy (non-hydrogen) atoms. The fourth-order valence-electron chi connectivity index (χ4n) is 2.11. The van der Waals surface area contributed by atoms with E-state index in [1.54, 1.807) is 7.11 Å². The zero-order chi connectivity index (χ0) is 12.5. The van der Waals surface area contributed by atoms with Crippen LogP contribution >= 0.6 is 0 Å². The van der Waals surface area contributed by atoms with Gasteiger partial charge < -0.3 is 4.74 Å². The summed E-state index contributed by atoms with van der Waals surface area (Å²) in [5, 5.41) is 0. The molecule has 0 aliphatic carbocycles.